The molecule has 1 aliphatic rings. The normalized spacial score (nSPS) is 16.0. The second-order valence-corrected chi connectivity index (χ2v) is 8.15. The van der Waals surface area contributed by atoms with Crippen molar-refractivity contribution in [3.63, 3.8) is 0 Å². The molecular formula is C18H29N3O11S. The van der Waals surface area contributed by atoms with Gasteiger partial charge in [0.1, 0.15) is 6.04 Å². The molecule has 0 aromatic carbocycles. The first-order valence-corrected chi connectivity index (χ1v) is 11.5. The second-order valence-electron chi connectivity index (χ2n) is 7.20. The van der Waals surface area contributed by atoms with Crippen LogP contribution in [-0.4, -0.2) is 77.0 Å². The molecule has 0 aromatic heterocycles. The number of thioether (sulfide) groups is 1. The summed E-state index contributed by atoms with van der Waals surface area (Å²) in [7, 11) is 0. The quantitative estimate of drug-likeness (QED) is 0.132. The maximum Gasteiger partial charge on any atom is 0.367 e. The van der Waals surface area contributed by atoms with Crippen molar-refractivity contribution >= 4 is 28.9 Å². The van der Waals surface area contributed by atoms with Crippen LogP contribution in [0, 0.1) is 26.1 Å². The molecule has 1 amide bonds. The minimum atomic E-state index is -0.886. The first-order valence-electron chi connectivity index (χ1n) is 10.5. The Bertz CT molecular complexity index is 679. The van der Waals surface area contributed by atoms with Crippen LogP contribution >= 0.6 is 11.8 Å². The summed E-state index contributed by atoms with van der Waals surface area (Å²) in [5.74, 6) is -1.12. The number of esters is 1. The van der Waals surface area contributed by atoms with Crippen LogP contribution in [0.25, 0.3) is 0 Å². The summed E-state index contributed by atoms with van der Waals surface area (Å²) in [5.41, 5.74) is 0. The number of carbonyl (C=O) groups excluding carboxylic acids is 3. The average Bonchev–Trinajstić information content (AvgIpc) is 3.25. The van der Waals surface area contributed by atoms with Crippen LogP contribution in [-0.2, 0) is 28.7 Å². The van der Waals surface area contributed by atoms with Crippen molar-refractivity contribution in [3.8, 4) is 0 Å². The summed E-state index contributed by atoms with van der Waals surface area (Å²) in [6, 6.07) is -0.687. The molecule has 1 fully saturated rings. The molecule has 33 heavy (non-hydrogen) atoms. The van der Waals surface area contributed by atoms with Crippen LogP contribution in [0.2, 0.25) is 0 Å². The lowest BCUT2D eigenvalue weighted by Gasteiger charge is -2.26. The van der Waals surface area contributed by atoms with Crippen LogP contribution in [0.1, 0.15) is 45.4 Å². The first-order chi connectivity index (χ1) is 15.7. The van der Waals surface area contributed by atoms with Gasteiger partial charge in [-0.05, 0) is 50.3 Å². The number of nitrogens with zero attached hydrogens (tertiary/aromatic N) is 3. The molecular weight excluding hydrogens is 466 g/mol. The third-order valence-electron chi connectivity index (χ3n) is 4.62. The molecule has 0 saturated carbocycles. The molecule has 14 nitrogen and oxygen atoms in total. The highest BCUT2D eigenvalue weighted by atomic mass is 32.2. The van der Waals surface area contributed by atoms with Gasteiger partial charge in [-0.15, -0.1) is 20.2 Å². The second kappa shape index (κ2) is 15.9. The molecule has 0 N–H and O–H groups in total. The molecule has 0 unspecified atom stereocenters. The van der Waals surface area contributed by atoms with Crippen LogP contribution < -0.4 is 0 Å². The van der Waals surface area contributed by atoms with Gasteiger partial charge in [0.05, 0.1) is 26.4 Å². The van der Waals surface area contributed by atoms with E-state index >= 15 is 0 Å². The van der Waals surface area contributed by atoms with Gasteiger partial charge in [-0.25, -0.2) is 9.59 Å². The maximum absolute atomic E-state index is 12.7. The Morgan fingerprint density at radius 2 is 1.52 bits per heavy atom. The van der Waals surface area contributed by atoms with Gasteiger partial charge in [0.15, 0.2) is 0 Å². The molecule has 2 atom stereocenters. The zero-order valence-electron chi connectivity index (χ0n) is 18.4. The van der Waals surface area contributed by atoms with E-state index in [2.05, 4.69) is 9.68 Å². The van der Waals surface area contributed by atoms with Crippen LogP contribution in [0.3, 0.4) is 0 Å². The topological polar surface area (TPSA) is 178 Å². The molecule has 0 aromatic rings. The molecule has 1 saturated heterocycles. The highest BCUT2D eigenvalue weighted by Crippen LogP contribution is 2.23. The fourth-order valence-corrected chi connectivity index (χ4v) is 3.67. The Balaban J connectivity index is 2.27. The third kappa shape index (κ3) is 12.1. The van der Waals surface area contributed by atoms with E-state index in [-0.39, 0.29) is 38.1 Å². The number of carbonyl (C=O) groups is 3. The Kier molecular flexibility index (Phi) is 13.6. The van der Waals surface area contributed by atoms with Gasteiger partial charge in [0, 0.05) is 18.2 Å². The average molecular weight is 496 g/mol. The van der Waals surface area contributed by atoms with Gasteiger partial charge < -0.3 is 24.0 Å². The fraction of sp³-hybridized carbons (Fsp3) is 0.833. The lowest BCUT2D eigenvalue weighted by atomic mass is 10.1. The third-order valence-corrected chi connectivity index (χ3v) is 5.64. The van der Waals surface area contributed by atoms with Crippen molar-refractivity contribution in [2.24, 2.45) is 5.92 Å². The highest BCUT2D eigenvalue weighted by molar-refractivity contribution is 8.13. The lowest BCUT2D eigenvalue weighted by molar-refractivity contribution is -0.757. The smallest absolute Gasteiger partial charge is 0.367 e. The number of unbranched alkanes of at least 4 members (excludes halogenated alkanes) is 2. The van der Waals surface area contributed by atoms with E-state index < -0.39 is 33.4 Å². The van der Waals surface area contributed by atoms with Crippen molar-refractivity contribution in [2.45, 2.75) is 51.5 Å². The zero-order valence-corrected chi connectivity index (χ0v) is 19.2. The Morgan fingerprint density at radius 1 is 0.970 bits per heavy atom. The van der Waals surface area contributed by atoms with E-state index in [4.69, 9.17) is 9.47 Å². The summed E-state index contributed by atoms with van der Waals surface area (Å²) in [5, 5.41) is 17.8. The molecule has 0 aliphatic carbocycles. The summed E-state index contributed by atoms with van der Waals surface area (Å²) in [4.78, 5) is 66.7. The summed E-state index contributed by atoms with van der Waals surface area (Å²) < 4.78 is 10.2. The standard InChI is InChI=1S/C18H29N3O11S/c1-14(13-33-18(24)30-10-3-5-12-32-21(27)28)16(22)19-8-6-7-15(19)17(23)29-9-2-4-11-31-20(25)26/h14-15H,2-13H2,1H3/t14-,15+/m1/s1. The first kappa shape index (κ1) is 28.2. The van der Waals surface area contributed by atoms with Crippen LogP contribution in [0.5, 0.6) is 0 Å². The number of ether oxygens (including phenoxy) is 2. The van der Waals surface area contributed by atoms with Gasteiger partial charge in [0.2, 0.25) is 5.91 Å². The van der Waals surface area contributed by atoms with E-state index in [9.17, 15) is 34.6 Å². The van der Waals surface area contributed by atoms with Crippen molar-refractivity contribution in [1.82, 2.24) is 4.90 Å². The number of hydrogen-bond donors (Lipinski definition) is 0. The lowest BCUT2D eigenvalue weighted by Crippen LogP contribution is -2.44. The summed E-state index contributed by atoms with van der Waals surface area (Å²) in [6.07, 6.45) is 2.68. The molecule has 0 radical (unpaired) electrons. The molecule has 1 heterocycles. The van der Waals surface area contributed by atoms with E-state index in [0.29, 0.717) is 45.1 Å². The van der Waals surface area contributed by atoms with Gasteiger partial charge in [-0.2, -0.15) is 0 Å². The summed E-state index contributed by atoms with van der Waals surface area (Å²) in [6.45, 7) is 2.10. The van der Waals surface area contributed by atoms with Crippen molar-refractivity contribution in [1.29, 1.82) is 0 Å². The zero-order chi connectivity index (χ0) is 24.6. The SMILES string of the molecule is C[C@H](CSC(=O)OCCCCO[N+](=O)[O-])C(=O)N1CCC[C@H]1C(=O)OCCCCO[N+](=O)[O-]. The van der Waals surface area contributed by atoms with E-state index in [1.807, 2.05) is 0 Å². The Hall–Kier alpha value is -2.84. The predicted octanol–water partition coefficient (Wildman–Crippen LogP) is 2.00. The number of likely N-dealkylation sites (tertiary alicyclic amines) is 1. The van der Waals surface area contributed by atoms with Crippen LogP contribution in [0.4, 0.5) is 4.79 Å². The van der Waals surface area contributed by atoms with E-state index in [0.717, 1.165) is 11.8 Å². The molecule has 1 rings (SSSR count). The minimum absolute atomic E-state index is 0.0708. The molecule has 1 aliphatic heterocycles. The van der Waals surface area contributed by atoms with Crippen molar-refractivity contribution in [3.05, 3.63) is 20.2 Å². The molecule has 0 spiro atoms. The van der Waals surface area contributed by atoms with Gasteiger partial charge in [-0.1, -0.05) is 6.92 Å². The maximum atomic E-state index is 12.7. The van der Waals surface area contributed by atoms with E-state index in [1.165, 1.54) is 4.90 Å². The van der Waals surface area contributed by atoms with Gasteiger partial charge in [0.25, 0.3) is 10.2 Å². The fourth-order valence-electron chi connectivity index (χ4n) is 2.98. The molecule has 188 valence electrons. The highest BCUT2D eigenvalue weighted by Gasteiger charge is 2.37. The van der Waals surface area contributed by atoms with Crippen molar-refractivity contribution < 1.29 is 43.7 Å². The Labute approximate surface area is 194 Å². The summed E-state index contributed by atoms with van der Waals surface area (Å²) >= 11 is 0.849. The van der Waals surface area contributed by atoms with E-state index in [1.54, 1.807) is 6.92 Å². The largest absolute Gasteiger partial charge is 0.464 e. The van der Waals surface area contributed by atoms with Crippen LogP contribution in [0.15, 0.2) is 0 Å². The number of amides is 1. The van der Waals surface area contributed by atoms with Gasteiger partial charge >= 0.3 is 11.3 Å². The minimum Gasteiger partial charge on any atom is -0.464 e. The number of rotatable bonds is 16. The Morgan fingerprint density at radius 3 is 2.09 bits per heavy atom. The van der Waals surface area contributed by atoms with Gasteiger partial charge in [-0.3, -0.25) is 4.79 Å². The molecule has 15 heteroatoms. The number of hydrogen-bond acceptors (Lipinski definition) is 12. The monoisotopic (exact) mass is 495 g/mol. The molecule has 0 bridgehead atoms. The predicted molar refractivity (Wildman–Crippen MR) is 113 cm³/mol. The van der Waals surface area contributed by atoms with Crippen molar-refractivity contribution in [2.75, 3.05) is 38.7 Å².